The van der Waals surface area contributed by atoms with Gasteiger partial charge in [0.15, 0.2) is 0 Å². The Bertz CT molecular complexity index is 979. The van der Waals surface area contributed by atoms with Gasteiger partial charge in [-0.1, -0.05) is 0 Å². The first-order chi connectivity index (χ1) is 12.7. The molecule has 3 aromatic heterocycles. The van der Waals surface area contributed by atoms with Crippen molar-refractivity contribution in [3.05, 3.63) is 70.8 Å². The number of rotatable bonds is 3. The van der Waals surface area contributed by atoms with Crippen LogP contribution < -0.4 is 16.2 Å². The zero-order valence-corrected chi connectivity index (χ0v) is 14.0. The van der Waals surface area contributed by atoms with Crippen molar-refractivity contribution >= 4 is 5.91 Å². The molecular weight excluding hydrogens is 332 g/mol. The minimum Gasteiger partial charge on any atom is -0.346 e. The van der Waals surface area contributed by atoms with E-state index >= 15 is 0 Å². The molecule has 1 aliphatic rings. The summed E-state index contributed by atoms with van der Waals surface area (Å²) in [6.07, 6.45) is 6.93. The van der Waals surface area contributed by atoms with Crippen molar-refractivity contribution in [1.29, 1.82) is 0 Å². The number of imidazole rings is 1. The second-order valence-corrected chi connectivity index (χ2v) is 6.15. The third-order valence-corrected chi connectivity index (χ3v) is 4.37. The Balaban J connectivity index is 1.51. The maximum atomic E-state index is 12.6. The fraction of sp³-hybridized carbons (Fsp3) is 0.222. The normalized spacial score (nSPS) is 16.5. The fourth-order valence-electron chi connectivity index (χ4n) is 3.05. The van der Waals surface area contributed by atoms with Gasteiger partial charge in [0.2, 0.25) is 0 Å². The summed E-state index contributed by atoms with van der Waals surface area (Å²) in [4.78, 5) is 35.9. The number of fused-ring (bicyclic) bond motifs is 1. The lowest BCUT2D eigenvalue weighted by atomic mass is 10.1. The molecule has 0 saturated carbocycles. The zero-order chi connectivity index (χ0) is 17.9. The van der Waals surface area contributed by atoms with Crippen LogP contribution in [0.25, 0.3) is 11.3 Å². The molecule has 1 amide bonds. The summed E-state index contributed by atoms with van der Waals surface area (Å²) in [6, 6.07) is 6.74. The van der Waals surface area contributed by atoms with Gasteiger partial charge in [0.1, 0.15) is 11.4 Å². The molecule has 0 saturated heterocycles. The summed E-state index contributed by atoms with van der Waals surface area (Å²) in [6.45, 7) is 1.88. The molecule has 1 atom stereocenters. The van der Waals surface area contributed by atoms with Crippen LogP contribution in [-0.2, 0) is 13.1 Å². The average molecular weight is 350 g/mol. The van der Waals surface area contributed by atoms with E-state index in [9.17, 15) is 9.59 Å². The van der Waals surface area contributed by atoms with Crippen molar-refractivity contribution in [3.63, 3.8) is 0 Å². The van der Waals surface area contributed by atoms with Crippen LogP contribution in [0.1, 0.15) is 16.2 Å². The van der Waals surface area contributed by atoms with E-state index in [-0.39, 0.29) is 17.5 Å². The van der Waals surface area contributed by atoms with Crippen molar-refractivity contribution in [1.82, 2.24) is 30.2 Å². The Labute approximate surface area is 149 Å². The topological polar surface area (TPSA) is 105 Å². The van der Waals surface area contributed by atoms with Gasteiger partial charge >= 0.3 is 0 Å². The van der Waals surface area contributed by atoms with E-state index in [0.29, 0.717) is 25.3 Å². The number of nitrogens with zero attached hydrogens (tertiary/aromatic N) is 3. The maximum absolute atomic E-state index is 12.6. The van der Waals surface area contributed by atoms with Gasteiger partial charge in [0.05, 0.1) is 12.6 Å². The molecule has 0 bridgehead atoms. The Morgan fingerprint density at radius 3 is 2.85 bits per heavy atom. The summed E-state index contributed by atoms with van der Waals surface area (Å²) >= 11 is 0. The van der Waals surface area contributed by atoms with E-state index in [1.54, 1.807) is 42.9 Å². The highest BCUT2D eigenvalue weighted by Gasteiger charge is 2.20. The predicted molar refractivity (Wildman–Crippen MR) is 95.5 cm³/mol. The molecule has 0 aliphatic carbocycles. The van der Waals surface area contributed by atoms with Crippen molar-refractivity contribution < 1.29 is 4.79 Å². The Morgan fingerprint density at radius 2 is 2.04 bits per heavy atom. The maximum Gasteiger partial charge on any atom is 0.261 e. The van der Waals surface area contributed by atoms with E-state index < -0.39 is 5.56 Å². The van der Waals surface area contributed by atoms with Crippen LogP contribution in [0, 0.1) is 0 Å². The number of nitrogens with one attached hydrogen (secondary N) is 3. The van der Waals surface area contributed by atoms with Gasteiger partial charge in [-0.25, -0.2) is 4.98 Å². The quantitative estimate of drug-likeness (QED) is 0.639. The van der Waals surface area contributed by atoms with E-state index in [2.05, 4.69) is 25.6 Å². The number of amides is 1. The molecule has 8 heteroatoms. The first kappa shape index (κ1) is 16.2. The van der Waals surface area contributed by atoms with Crippen LogP contribution in [0.5, 0.6) is 0 Å². The molecule has 3 N–H and O–H groups in total. The molecule has 4 heterocycles. The second kappa shape index (κ2) is 6.93. The zero-order valence-electron chi connectivity index (χ0n) is 14.0. The van der Waals surface area contributed by atoms with E-state index in [4.69, 9.17) is 0 Å². The molecule has 0 spiro atoms. The third-order valence-electron chi connectivity index (χ3n) is 4.37. The van der Waals surface area contributed by atoms with Gasteiger partial charge in [-0.15, -0.1) is 0 Å². The smallest absolute Gasteiger partial charge is 0.261 e. The molecule has 3 aromatic rings. The number of pyridine rings is 2. The molecule has 0 aromatic carbocycles. The Morgan fingerprint density at radius 1 is 1.19 bits per heavy atom. The summed E-state index contributed by atoms with van der Waals surface area (Å²) in [5, 5.41) is 6.18. The van der Waals surface area contributed by atoms with Crippen molar-refractivity contribution in [2.24, 2.45) is 0 Å². The van der Waals surface area contributed by atoms with Crippen LogP contribution in [0.2, 0.25) is 0 Å². The van der Waals surface area contributed by atoms with Gasteiger partial charge in [-0.2, -0.15) is 0 Å². The largest absolute Gasteiger partial charge is 0.346 e. The SMILES string of the molecule is O=C(NC1CNCc2nccn2C1)c1ccc(-c2ccncc2)[nH]c1=O. The molecular formula is C18H18N6O2. The molecule has 8 nitrogen and oxygen atoms in total. The van der Waals surface area contributed by atoms with Crippen LogP contribution in [0.4, 0.5) is 0 Å². The lowest BCUT2D eigenvalue weighted by Crippen LogP contribution is -2.44. The summed E-state index contributed by atoms with van der Waals surface area (Å²) in [5.74, 6) is 0.546. The van der Waals surface area contributed by atoms with Crippen molar-refractivity contribution in [3.8, 4) is 11.3 Å². The highest BCUT2D eigenvalue weighted by atomic mass is 16.2. The Kier molecular flexibility index (Phi) is 4.32. The fourth-order valence-corrected chi connectivity index (χ4v) is 3.05. The third kappa shape index (κ3) is 3.27. The number of hydrogen-bond acceptors (Lipinski definition) is 5. The highest BCUT2D eigenvalue weighted by molar-refractivity contribution is 5.94. The number of aromatic amines is 1. The van der Waals surface area contributed by atoms with Gasteiger partial charge in [0, 0.05) is 49.1 Å². The lowest BCUT2D eigenvalue weighted by Gasteiger charge is -2.17. The second-order valence-electron chi connectivity index (χ2n) is 6.15. The number of H-pyrrole nitrogens is 1. The molecule has 132 valence electrons. The monoisotopic (exact) mass is 350 g/mol. The van der Waals surface area contributed by atoms with E-state index in [0.717, 1.165) is 11.4 Å². The van der Waals surface area contributed by atoms with Crippen LogP contribution in [-0.4, -0.2) is 38.0 Å². The minimum atomic E-state index is -0.415. The van der Waals surface area contributed by atoms with Crippen molar-refractivity contribution in [2.75, 3.05) is 6.54 Å². The minimum absolute atomic E-state index is 0.0953. The van der Waals surface area contributed by atoms with Gasteiger partial charge in [-0.3, -0.25) is 14.6 Å². The van der Waals surface area contributed by atoms with E-state index in [1.807, 2.05) is 10.8 Å². The molecule has 1 aliphatic heterocycles. The Hall–Kier alpha value is -3.26. The first-order valence-corrected chi connectivity index (χ1v) is 8.36. The molecule has 1 unspecified atom stereocenters. The first-order valence-electron chi connectivity index (χ1n) is 8.36. The number of carbonyl (C=O) groups is 1. The predicted octanol–water partition coefficient (Wildman–Crippen LogP) is 0.535. The van der Waals surface area contributed by atoms with Crippen LogP contribution in [0.3, 0.4) is 0 Å². The summed E-state index contributed by atoms with van der Waals surface area (Å²) in [7, 11) is 0. The highest BCUT2D eigenvalue weighted by Crippen LogP contribution is 2.14. The number of carbonyl (C=O) groups excluding carboxylic acids is 1. The van der Waals surface area contributed by atoms with Gasteiger partial charge in [-0.05, 0) is 24.3 Å². The molecule has 0 fully saturated rings. The standard InChI is InChI=1S/C18H18N6O2/c25-17(22-13-9-20-10-16-21-7-8-24(16)11-13)14-1-2-15(23-18(14)26)12-3-5-19-6-4-12/h1-8,13,20H,9-11H2,(H,22,25)(H,23,26). The van der Waals surface area contributed by atoms with Crippen molar-refractivity contribution in [2.45, 2.75) is 19.1 Å². The van der Waals surface area contributed by atoms with Gasteiger partial charge < -0.3 is 20.2 Å². The molecule has 26 heavy (non-hydrogen) atoms. The lowest BCUT2D eigenvalue weighted by molar-refractivity contribution is 0.0932. The van der Waals surface area contributed by atoms with Crippen LogP contribution in [0.15, 0.2) is 53.8 Å². The van der Waals surface area contributed by atoms with Crippen LogP contribution >= 0.6 is 0 Å². The average Bonchev–Trinajstić information content (AvgIpc) is 3.00. The molecule has 4 rings (SSSR count). The van der Waals surface area contributed by atoms with Gasteiger partial charge in [0.25, 0.3) is 11.5 Å². The number of aromatic nitrogens is 4. The van der Waals surface area contributed by atoms with E-state index in [1.165, 1.54) is 0 Å². The molecule has 0 radical (unpaired) electrons. The number of hydrogen-bond donors (Lipinski definition) is 3. The summed E-state index contributed by atoms with van der Waals surface area (Å²) < 4.78 is 2.00. The summed E-state index contributed by atoms with van der Waals surface area (Å²) in [5.41, 5.74) is 1.16.